The Morgan fingerprint density at radius 2 is 2.22 bits per heavy atom. The fourth-order valence-corrected chi connectivity index (χ4v) is 2.16. The number of hydrogen-bond acceptors (Lipinski definition) is 3. The van der Waals surface area contributed by atoms with Crippen LogP contribution in [0, 0.1) is 6.92 Å². The average molecular weight is 247 g/mol. The Balaban J connectivity index is 2.00. The van der Waals surface area contributed by atoms with Gasteiger partial charge in [-0.15, -0.1) is 0 Å². The van der Waals surface area contributed by atoms with E-state index in [2.05, 4.69) is 41.6 Å². The van der Waals surface area contributed by atoms with Crippen molar-refractivity contribution < 1.29 is 0 Å². The van der Waals surface area contributed by atoms with Crippen molar-refractivity contribution in [1.82, 2.24) is 24.9 Å². The maximum Gasteiger partial charge on any atom is 0.0638 e. The molecule has 2 aromatic rings. The molecule has 18 heavy (non-hydrogen) atoms. The third kappa shape index (κ3) is 2.61. The van der Waals surface area contributed by atoms with E-state index in [-0.39, 0.29) is 6.04 Å². The highest BCUT2D eigenvalue weighted by Gasteiger charge is 2.11. The second-order valence-corrected chi connectivity index (χ2v) is 4.59. The van der Waals surface area contributed by atoms with Gasteiger partial charge in [0.15, 0.2) is 0 Å². The number of rotatable bonds is 5. The molecule has 0 bridgehead atoms. The predicted molar refractivity (Wildman–Crippen MR) is 71.1 cm³/mol. The van der Waals surface area contributed by atoms with Crippen LogP contribution in [0.3, 0.4) is 0 Å². The van der Waals surface area contributed by atoms with E-state index < -0.39 is 0 Å². The molecule has 0 aliphatic heterocycles. The molecular weight excluding hydrogens is 226 g/mol. The van der Waals surface area contributed by atoms with Crippen LogP contribution in [-0.4, -0.2) is 19.6 Å². The second-order valence-electron chi connectivity index (χ2n) is 4.59. The summed E-state index contributed by atoms with van der Waals surface area (Å²) < 4.78 is 3.88. The summed E-state index contributed by atoms with van der Waals surface area (Å²) in [6.45, 7) is 8.04. The van der Waals surface area contributed by atoms with Gasteiger partial charge in [0.1, 0.15) is 0 Å². The monoisotopic (exact) mass is 247 g/mol. The first-order chi connectivity index (χ1) is 8.61. The highest BCUT2D eigenvalue weighted by atomic mass is 15.3. The lowest BCUT2D eigenvalue weighted by atomic mass is 10.2. The van der Waals surface area contributed by atoms with Gasteiger partial charge in [0.05, 0.1) is 11.4 Å². The van der Waals surface area contributed by atoms with Crippen LogP contribution < -0.4 is 5.32 Å². The van der Waals surface area contributed by atoms with Gasteiger partial charge >= 0.3 is 0 Å². The van der Waals surface area contributed by atoms with Crippen molar-refractivity contribution in [2.24, 2.45) is 7.05 Å². The molecule has 0 radical (unpaired) electrons. The molecule has 0 spiro atoms. The van der Waals surface area contributed by atoms with E-state index >= 15 is 0 Å². The van der Waals surface area contributed by atoms with Crippen molar-refractivity contribution in [2.45, 2.75) is 39.9 Å². The Kier molecular flexibility index (Phi) is 3.81. The van der Waals surface area contributed by atoms with Crippen molar-refractivity contribution in [3.8, 4) is 0 Å². The Morgan fingerprint density at radius 1 is 1.44 bits per heavy atom. The standard InChI is InChI=1S/C13H21N5/c1-5-18-13(6-7-15-18)11(3)14-8-12-9-17(4)16-10(12)2/h6-7,9,11,14H,5,8H2,1-4H3. The van der Waals surface area contributed by atoms with E-state index in [0.717, 1.165) is 18.8 Å². The van der Waals surface area contributed by atoms with Crippen molar-refractivity contribution in [1.29, 1.82) is 0 Å². The SMILES string of the molecule is CCn1nccc1C(C)NCc1cn(C)nc1C. The Bertz CT molecular complexity index is 511. The van der Waals surface area contributed by atoms with Gasteiger partial charge in [-0.3, -0.25) is 9.36 Å². The molecule has 1 atom stereocenters. The Labute approximate surface area is 108 Å². The number of aryl methyl sites for hydroxylation is 3. The van der Waals surface area contributed by atoms with Crippen LogP contribution in [0.5, 0.6) is 0 Å². The van der Waals surface area contributed by atoms with E-state index in [1.807, 2.05) is 29.5 Å². The highest BCUT2D eigenvalue weighted by molar-refractivity contribution is 5.15. The summed E-state index contributed by atoms with van der Waals surface area (Å²) in [7, 11) is 1.95. The molecule has 0 saturated carbocycles. The van der Waals surface area contributed by atoms with Gasteiger partial charge in [0.2, 0.25) is 0 Å². The first-order valence-corrected chi connectivity index (χ1v) is 6.36. The molecule has 0 aromatic carbocycles. The first kappa shape index (κ1) is 12.8. The third-order valence-electron chi connectivity index (χ3n) is 3.21. The number of hydrogen-bond donors (Lipinski definition) is 1. The van der Waals surface area contributed by atoms with Crippen LogP contribution in [0.15, 0.2) is 18.5 Å². The quantitative estimate of drug-likeness (QED) is 0.876. The van der Waals surface area contributed by atoms with Gasteiger partial charge in [-0.2, -0.15) is 10.2 Å². The van der Waals surface area contributed by atoms with E-state index in [9.17, 15) is 0 Å². The summed E-state index contributed by atoms with van der Waals surface area (Å²) in [6.07, 6.45) is 3.92. The average Bonchev–Trinajstić information content (AvgIpc) is 2.92. The maximum absolute atomic E-state index is 4.34. The van der Waals surface area contributed by atoms with Gasteiger partial charge in [0, 0.05) is 44.1 Å². The molecule has 0 aliphatic carbocycles. The zero-order chi connectivity index (χ0) is 13.1. The van der Waals surface area contributed by atoms with Crippen molar-refractivity contribution in [3.05, 3.63) is 35.4 Å². The van der Waals surface area contributed by atoms with Gasteiger partial charge in [0.25, 0.3) is 0 Å². The Hall–Kier alpha value is -1.62. The molecule has 98 valence electrons. The molecule has 2 aromatic heterocycles. The number of nitrogens with one attached hydrogen (secondary N) is 1. The van der Waals surface area contributed by atoms with Crippen LogP contribution in [0.4, 0.5) is 0 Å². The first-order valence-electron chi connectivity index (χ1n) is 6.36. The maximum atomic E-state index is 4.34. The van der Waals surface area contributed by atoms with Crippen LogP contribution >= 0.6 is 0 Å². The lowest BCUT2D eigenvalue weighted by Crippen LogP contribution is -2.21. The molecule has 2 heterocycles. The Morgan fingerprint density at radius 3 is 2.83 bits per heavy atom. The summed E-state index contributed by atoms with van der Waals surface area (Å²) in [5.41, 5.74) is 3.55. The summed E-state index contributed by atoms with van der Waals surface area (Å²) >= 11 is 0. The van der Waals surface area contributed by atoms with Crippen LogP contribution in [0.25, 0.3) is 0 Å². The van der Waals surface area contributed by atoms with Gasteiger partial charge in [-0.1, -0.05) is 0 Å². The van der Waals surface area contributed by atoms with E-state index in [4.69, 9.17) is 0 Å². The van der Waals surface area contributed by atoms with Gasteiger partial charge in [-0.05, 0) is 26.8 Å². The minimum Gasteiger partial charge on any atom is -0.305 e. The van der Waals surface area contributed by atoms with E-state index in [1.165, 1.54) is 11.3 Å². The zero-order valence-corrected chi connectivity index (χ0v) is 11.5. The topological polar surface area (TPSA) is 47.7 Å². The third-order valence-corrected chi connectivity index (χ3v) is 3.21. The fourth-order valence-electron chi connectivity index (χ4n) is 2.16. The summed E-state index contributed by atoms with van der Waals surface area (Å²) in [6, 6.07) is 2.35. The molecule has 0 fully saturated rings. The second kappa shape index (κ2) is 5.35. The van der Waals surface area contributed by atoms with Crippen LogP contribution in [0.2, 0.25) is 0 Å². The lowest BCUT2D eigenvalue weighted by Gasteiger charge is -2.14. The van der Waals surface area contributed by atoms with Gasteiger partial charge < -0.3 is 5.32 Å². The summed E-state index contributed by atoms with van der Waals surface area (Å²) in [4.78, 5) is 0. The van der Waals surface area contributed by atoms with Crippen LogP contribution in [0.1, 0.15) is 36.8 Å². The lowest BCUT2D eigenvalue weighted by molar-refractivity contribution is 0.508. The molecule has 2 rings (SSSR count). The zero-order valence-electron chi connectivity index (χ0n) is 11.5. The summed E-state index contributed by atoms with van der Waals surface area (Å²) in [5, 5.41) is 12.2. The normalized spacial score (nSPS) is 12.9. The largest absolute Gasteiger partial charge is 0.305 e. The minimum absolute atomic E-state index is 0.284. The molecule has 1 unspecified atom stereocenters. The molecule has 5 nitrogen and oxygen atoms in total. The van der Waals surface area contributed by atoms with Gasteiger partial charge in [-0.25, -0.2) is 0 Å². The van der Waals surface area contributed by atoms with Crippen molar-refractivity contribution in [3.63, 3.8) is 0 Å². The highest BCUT2D eigenvalue weighted by Crippen LogP contribution is 2.13. The molecule has 0 amide bonds. The van der Waals surface area contributed by atoms with Crippen molar-refractivity contribution >= 4 is 0 Å². The van der Waals surface area contributed by atoms with Crippen LogP contribution in [-0.2, 0) is 20.1 Å². The predicted octanol–water partition coefficient (Wildman–Crippen LogP) is 1.80. The molecule has 0 aliphatic rings. The molecule has 1 N–H and O–H groups in total. The minimum atomic E-state index is 0.284. The molecule has 0 saturated heterocycles. The smallest absolute Gasteiger partial charge is 0.0638 e. The fraction of sp³-hybridized carbons (Fsp3) is 0.538. The summed E-state index contributed by atoms with van der Waals surface area (Å²) in [5.74, 6) is 0. The number of aromatic nitrogens is 4. The molecular formula is C13H21N5. The van der Waals surface area contributed by atoms with E-state index in [0.29, 0.717) is 0 Å². The number of nitrogens with zero attached hydrogens (tertiary/aromatic N) is 4. The molecule has 5 heteroatoms. The van der Waals surface area contributed by atoms with Crippen molar-refractivity contribution in [2.75, 3.05) is 0 Å². The van der Waals surface area contributed by atoms with E-state index in [1.54, 1.807) is 0 Å².